The third-order valence-electron chi connectivity index (χ3n) is 3.57. The van der Waals surface area contributed by atoms with Crippen molar-refractivity contribution in [3.05, 3.63) is 62.7 Å². The number of nitro groups is 1. The molecule has 0 saturated carbocycles. The van der Waals surface area contributed by atoms with Crippen molar-refractivity contribution in [2.75, 3.05) is 20.8 Å². The lowest BCUT2D eigenvalue weighted by molar-refractivity contribution is -0.385. The second kappa shape index (κ2) is 8.34. The Morgan fingerprint density at radius 3 is 2.32 bits per heavy atom. The Balaban J connectivity index is 2.10. The molecule has 0 atom stereocenters. The summed E-state index contributed by atoms with van der Waals surface area (Å²) >= 11 is 5.78. The number of methoxy groups -OCH3 is 2. The monoisotopic (exact) mass is 364 g/mol. The number of nitrogens with zero attached hydrogens (tertiary/aromatic N) is 1. The summed E-state index contributed by atoms with van der Waals surface area (Å²) in [5, 5.41) is 14.5. The van der Waals surface area contributed by atoms with Gasteiger partial charge in [0.05, 0.1) is 25.2 Å². The number of halogens is 1. The second-order valence-electron chi connectivity index (χ2n) is 5.11. The summed E-state index contributed by atoms with van der Waals surface area (Å²) in [5.74, 6) is 0.398. The summed E-state index contributed by atoms with van der Waals surface area (Å²) < 4.78 is 10.3. The fourth-order valence-electron chi connectivity index (χ4n) is 2.29. The van der Waals surface area contributed by atoms with Crippen molar-refractivity contribution >= 4 is 23.2 Å². The van der Waals surface area contributed by atoms with Crippen molar-refractivity contribution in [1.29, 1.82) is 0 Å². The molecular weight excluding hydrogens is 348 g/mol. The lowest BCUT2D eigenvalue weighted by Gasteiger charge is -2.11. The minimum absolute atomic E-state index is 0.0848. The molecule has 2 aromatic carbocycles. The maximum Gasteiger partial charge on any atom is 0.276 e. The highest BCUT2D eigenvalue weighted by Crippen LogP contribution is 2.34. The molecule has 25 heavy (non-hydrogen) atoms. The van der Waals surface area contributed by atoms with Crippen molar-refractivity contribution in [1.82, 2.24) is 5.32 Å². The summed E-state index contributed by atoms with van der Waals surface area (Å²) in [6, 6.07) is 9.32. The molecule has 0 unspecified atom stereocenters. The number of nitro benzene ring substituents is 1. The van der Waals surface area contributed by atoms with Crippen molar-refractivity contribution in [2.45, 2.75) is 6.42 Å². The average molecular weight is 365 g/mol. The zero-order valence-corrected chi connectivity index (χ0v) is 14.5. The predicted molar refractivity (Wildman–Crippen MR) is 93.7 cm³/mol. The molecule has 1 amide bonds. The topological polar surface area (TPSA) is 90.7 Å². The highest BCUT2D eigenvalue weighted by molar-refractivity contribution is 6.30. The predicted octanol–water partition coefficient (Wildman–Crippen LogP) is 3.24. The van der Waals surface area contributed by atoms with Crippen molar-refractivity contribution in [3.8, 4) is 11.5 Å². The molecule has 0 spiro atoms. The molecule has 0 heterocycles. The molecule has 0 radical (unpaired) electrons. The van der Waals surface area contributed by atoms with E-state index >= 15 is 0 Å². The average Bonchev–Trinajstić information content (AvgIpc) is 2.61. The number of carbonyl (C=O) groups is 1. The number of amides is 1. The summed E-state index contributed by atoms with van der Waals surface area (Å²) in [6.07, 6.45) is 0.274. The van der Waals surface area contributed by atoms with E-state index in [1.54, 1.807) is 30.3 Å². The largest absolute Gasteiger partial charge is 0.493 e. The van der Waals surface area contributed by atoms with Crippen LogP contribution in [0.2, 0.25) is 5.02 Å². The van der Waals surface area contributed by atoms with Crippen LogP contribution >= 0.6 is 11.6 Å². The summed E-state index contributed by atoms with van der Waals surface area (Å²) in [6.45, 7) is 0.234. The molecule has 2 aromatic rings. The Bertz CT molecular complexity index is 777. The fraction of sp³-hybridized carbons (Fsp3) is 0.235. The molecule has 1 N–H and O–H groups in total. The Kier molecular flexibility index (Phi) is 6.19. The van der Waals surface area contributed by atoms with Gasteiger partial charge in [-0.1, -0.05) is 11.6 Å². The minimum Gasteiger partial charge on any atom is -0.493 e. The van der Waals surface area contributed by atoms with E-state index in [2.05, 4.69) is 5.32 Å². The highest BCUT2D eigenvalue weighted by Gasteiger charge is 2.19. The minimum atomic E-state index is -0.488. The van der Waals surface area contributed by atoms with Crippen LogP contribution in [0.4, 0.5) is 5.69 Å². The van der Waals surface area contributed by atoms with Crippen LogP contribution in [-0.4, -0.2) is 31.6 Å². The highest BCUT2D eigenvalue weighted by atomic mass is 35.5. The van der Waals surface area contributed by atoms with Crippen LogP contribution in [0.3, 0.4) is 0 Å². The SMILES string of the molecule is COc1cc(CCNC(=O)c2ccc(Cl)cc2)c([N+](=O)[O-])cc1OC. The van der Waals surface area contributed by atoms with E-state index in [1.165, 1.54) is 20.3 Å². The number of hydrogen-bond donors (Lipinski definition) is 1. The standard InChI is InChI=1S/C17H17ClN2O5/c1-24-15-9-12(14(20(22)23)10-16(15)25-2)7-8-19-17(21)11-3-5-13(18)6-4-11/h3-6,9-10H,7-8H2,1-2H3,(H,19,21). The molecule has 0 aliphatic carbocycles. The van der Waals surface area contributed by atoms with Gasteiger partial charge in [0, 0.05) is 22.7 Å². The third-order valence-corrected chi connectivity index (χ3v) is 3.82. The van der Waals surface area contributed by atoms with Crippen LogP contribution < -0.4 is 14.8 Å². The van der Waals surface area contributed by atoms with Gasteiger partial charge in [0.1, 0.15) is 0 Å². The zero-order valence-electron chi connectivity index (χ0n) is 13.7. The molecular formula is C17H17ClN2O5. The number of benzene rings is 2. The Morgan fingerprint density at radius 1 is 1.16 bits per heavy atom. The quantitative estimate of drug-likeness (QED) is 0.601. The molecule has 2 rings (SSSR count). The number of carbonyl (C=O) groups excluding carboxylic acids is 1. The maximum absolute atomic E-state index is 12.1. The normalized spacial score (nSPS) is 10.2. The molecule has 0 fully saturated rings. The van der Waals surface area contributed by atoms with E-state index in [9.17, 15) is 14.9 Å². The first-order valence-corrected chi connectivity index (χ1v) is 7.77. The van der Waals surface area contributed by atoms with Crippen LogP contribution in [0.1, 0.15) is 15.9 Å². The van der Waals surface area contributed by atoms with Gasteiger partial charge in [0.2, 0.25) is 0 Å². The van der Waals surface area contributed by atoms with Gasteiger partial charge in [0.15, 0.2) is 11.5 Å². The van der Waals surface area contributed by atoms with E-state index in [0.717, 1.165) is 0 Å². The van der Waals surface area contributed by atoms with E-state index in [1.807, 2.05) is 0 Å². The lowest BCUT2D eigenvalue weighted by atomic mass is 10.1. The number of ether oxygens (including phenoxy) is 2. The van der Waals surface area contributed by atoms with Gasteiger partial charge in [-0.05, 0) is 36.8 Å². The van der Waals surface area contributed by atoms with Gasteiger partial charge in [-0.15, -0.1) is 0 Å². The Morgan fingerprint density at radius 2 is 1.76 bits per heavy atom. The Hall–Kier alpha value is -2.80. The van der Waals surface area contributed by atoms with Crippen LogP contribution in [0.15, 0.2) is 36.4 Å². The second-order valence-corrected chi connectivity index (χ2v) is 5.54. The molecule has 132 valence electrons. The van der Waals surface area contributed by atoms with Crippen molar-refractivity contribution < 1.29 is 19.2 Å². The molecule has 0 aliphatic heterocycles. The van der Waals surface area contributed by atoms with Gasteiger partial charge < -0.3 is 14.8 Å². The van der Waals surface area contributed by atoms with E-state index < -0.39 is 4.92 Å². The van der Waals surface area contributed by atoms with Crippen LogP contribution in [-0.2, 0) is 6.42 Å². The molecule has 0 bridgehead atoms. The molecule has 8 heteroatoms. The number of nitrogens with one attached hydrogen (secondary N) is 1. The molecule has 7 nitrogen and oxygen atoms in total. The van der Waals surface area contributed by atoms with Gasteiger partial charge in [-0.2, -0.15) is 0 Å². The van der Waals surface area contributed by atoms with Gasteiger partial charge in [-0.3, -0.25) is 14.9 Å². The van der Waals surface area contributed by atoms with Gasteiger partial charge in [-0.25, -0.2) is 0 Å². The maximum atomic E-state index is 12.1. The number of rotatable bonds is 7. The van der Waals surface area contributed by atoms with E-state index in [0.29, 0.717) is 21.9 Å². The first kappa shape index (κ1) is 18.5. The van der Waals surface area contributed by atoms with Gasteiger partial charge >= 0.3 is 0 Å². The van der Waals surface area contributed by atoms with Crippen LogP contribution in [0.25, 0.3) is 0 Å². The van der Waals surface area contributed by atoms with Crippen LogP contribution in [0, 0.1) is 10.1 Å². The fourth-order valence-corrected chi connectivity index (χ4v) is 2.42. The molecule has 0 aliphatic rings. The summed E-state index contributed by atoms with van der Waals surface area (Å²) in [7, 11) is 2.86. The molecule has 0 saturated heterocycles. The zero-order chi connectivity index (χ0) is 18.4. The number of hydrogen-bond acceptors (Lipinski definition) is 5. The lowest BCUT2D eigenvalue weighted by Crippen LogP contribution is -2.25. The summed E-state index contributed by atoms with van der Waals surface area (Å²) in [5.41, 5.74) is 0.823. The molecule has 0 aromatic heterocycles. The third kappa shape index (κ3) is 4.60. The first-order chi connectivity index (χ1) is 12.0. The summed E-state index contributed by atoms with van der Waals surface area (Å²) in [4.78, 5) is 22.8. The van der Waals surface area contributed by atoms with Gasteiger partial charge in [0.25, 0.3) is 11.6 Å². The smallest absolute Gasteiger partial charge is 0.276 e. The van der Waals surface area contributed by atoms with E-state index in [4.69, 9.17) is 21.1 Å². The van der Waals surface area contributed by atoms with E-state index in [-0.39, 0.29) is 30.3 Å². The first-order valence-electron chi connectivity index (χ1n) is 7.39. The van der Waals surface area contributed by atoms with Crippen LogP contribution in [0.5, 0.6) is 11.5 Å². The van der Waals surface area contributed by atoms with Crippen molar-refractivity contribution in [3.63, 3.8) is 0 Å². The Labute approximate surface area is 149 Å². The van der Waals surface area contributed by atoms with Crippen molar-refractivity contribution in [2.24, 2.45) is 0 Å².